The highest BCUT2D eigenvalue weighted by atomic mass is 16.1. The number of aromatic amines is 2. The quantitative estimate of drug-likeness (QED) is 0.469. The Hall–Kier alpha value is -3.08. The van der Waals surface area contributed by atoms with Crippen LogP contribution in [0.3, 0.4) is 0 Å². The van der Waals surface area contributed by atoms with Crippen molar-refractivity contribution < 1.29 is 4.79 Å². The van der Waals surface area contributed by atoms with E-state index in [0.29, 0.717) is 0 Å². The molecule has 0 atom stereocenters. The Kier molecular flexibility index (Phi) is 3.93. The van der Waals surface area contributed by atoms with Crippen molar-refractivity contribution in [3.8, 4) is 11.1 Å². The number of hydrogen-bond acceptors (Lipinski definition) is 2. The van der Waals surface area contributed by atoms with E-state index in [1.807, 2.05) is 12.3 Å². The summed E-state index contributed by atoms with van der Waals surface area (Å²) in [5.41, 5.74) is 5.07. The summed E-state index contributed by atoms with van der Waals surface area (Å²) in [7, 11) is 0. The monoisotopic (exact) mass is 358 g/mol. The lowest BCUT2D eigenvalue weighted by atomic mass is 9.88. The van der Waals surface area contributed by atoms with Gasteiger partial charge in [-0.3, -0.25) is 9.89 Å². The molecule has 1 fully saturated rings. The Morgan fingerprint density at radius 1 is 1.04 bits per heavy atom. The molecule has 1 saturated carbocycles. The van der Waals surface area contributed by atoms with Crippen molar-refractivity contribution in [2.45, 2.75) is 32.1 Å². The summed E-state index contributed by atoms with van der Waals surface area (Å²) in [6, 6.07) is 12.5. The predicted molar refractivity (Wildman–Crippen MR) is 109 cm³/mol. The average molecular weight is 358 g/mol. The fraction of sp³-hybridized carbons (Fsp3) is 0.273. The number of carbonyl (C=O) groups excluding carboxylic acids is 1. The van der Waals surface area contributed by atoms with Crippen LogP contribution in [0.1, 0.15) is 32.1 Å². The van der Waals surface area contributed by atoms with Crippen LogP contribution < -0.4 is 5.32 Å². The number of nitrogens with one attached hydrogen (secondary N) is 3. The first-order valence-electron chi connectivity index (χ1n) is 9.64. The summed E-state index contributed by atoms with van der Waals surface area (Å²) in [6.45, 7) is 0. The molecule has 0 radical (unpaired) electrons. The first-order valence-corrected chi connectivity index (χ1v) is 9.64. The molecule has 0 saturated heterocycles. The zero-order chi connectivity index (χ0) is 18.2. The molecular formula is C22H22N4O. The lowest BCUT2D eigenvalue weighted by Gasteiger charge is -2.21. The minimum Gasteiger partial charge on any atom is -0.361 e. The van der Waals surface area contributed by atoms with Gasteiger partial charge in [-0.1, -0.05) is 31.4 Å². The maximum atomic E-state index is 12.8. The Morgan fingerprint density at radius 3 is 2.81 bits per heavy atom. The number of rotatable bonds is 3. The number of nitrogens with zero attached hydrogens (tertiary/aromatic N) is 1. The lowest BCUT2D eigenvalue weighted by Crippen LogP contribution is -2.24. The average Bonchev–Trinajstić information content (AvgIpc) is 3.37. The van der Waals surface area contributed by atoms with E-state index in [2.05, 4.69) is 50.8 Å². The van der Waals surface area contributed by atoms with Crippen LogP contribution in [0, 0.1) is 5.92 Å². The van der Waals surface area contributed by atoms with Crippen molar-refractivity contribution in [2.75, 3.05) is 5.32 Å². The SMILES string of the molecule is O=C(Nc1cc(-c2cccc3[nH]ccc23)cc2[nH]ncc12)C1CCCCC1. The molecule has 136 valence electrons. The van der Waals surface area contributed by atoms with Crippen molar-refractivity contribution >= 4 is 33.4 Å². The Morgan fingerprint density at radius 2 is 1.93 bits per heavy atom. The molecule has 1 aliphatic rings. The van der Waals surface area contributed by atoms with E-state index in [1.54, 1.807) is 6.20 Å². The topological polar surface area (TPSA) is 73.6 Å². The number of carbonyl (C=O) groups is 1. The molecule has 2 heterocycles. The number of hydrogen-bond donors (Lipinski definition) is 3. The van der Waals surface area contributed by atoms with Gasteiger partial charge in [0.05, 0.1) is 17.4 Å². The molecule has 0 unspecified atom stereocenters. The van der Waals surface area contributed by atoms with Crippen LogP contribution >= 0.6 is 0 Å². The Balaban J connectivity index is 1.57. The van der Waals surface area contributed by atoms with Gasteiger partial charge in [0, 0.05) is 28.4 Å². The molecule has 0 spiro atoms. The van der Waals surface area contributed by atoms with Crippen molar-refractivity contribution in [3.05, 3.63) is 48.8 Å². The first-order chi connectivity index (χ1) is 13.3. The molecule has 27 heavy (non-hydrogen) atoms. The van der Waals surface area contributed by atoms with Gasteiger partial charge in [0.2, 0.25) is 5.91 Å². The highest BCUT2D eigenvalue weighted by molar-refractivity contribution is 6.05. The molecule has 0 aliphatic heterocycles. The molecule has 2 aromatic carbocycles. The molecule has 1 amide bonds. The number of H-pyrrole nitrogens is 2. The fourth-order valence-corrected chi connectivity index (χ4v) is 4.25. The molecular weight excluding hydrogens is 336 g/mol. The van der Waals surface area contributed by atoms with Crippen LogP contribution in [0.4, 0.5) is 5.69 Å². The van der Waals surface area contributed by atoms with E-state index in [4.69, 9.17) is 0 Å². The lowest BCUT2D eigenvalue weighted by molar-refractivity contribution is -0.120. The van der Waals surface area contributed by atoms with Gasteiger partial charge in [0.1, 0.15) is 0 Å². The van der Waals surface area contributed by atoms with E-state index in [0.717, 1.165) is 58.9 Å². The fourth-order valence-electron chi connectivity index (χ4n) is 4.25. The van der Waals surface area contributed by atoms with E-state index >= 15 is 0 Å². The van der Waals surface area contributed by atoms with Gasteiger partial charge < -0.3 is 10.3 Å². The van der Waals surface area contributed by atoms with Crippen LogP contribution in [-0.4, -0.2) is 21.1 Å². The van der Waals surface area contributed by atoms with Crippen LogP contribution in [0.2, 0.25) is 0 Å². The molecule has 1 aliphatic carbocycles. The summed E-state index contributed by atoms with van der Waals surface area (Å²) < 4.78 is 0. The van der Waals surface area contributed by atoms with Gasteiger partial charge in [-0.15, -0.1) is 0 Å². The van der Waals surface area contributed by atoms with Gasteiger partial charge in [0.25, 0.3) is 0 Å². The maximum Gasteiger partial charge on any atom is 0.227 e. The summed E-state index contributed by atoms with van der Waals surface area (Å²) >= 11 is 0. The highest BCUT2D eigenvalue weighted by Crippen LogP contribution is 2.34. The third-order valence-electron chi connectivity index (χ3n) is 5.70. The minimum absolute atomic E-state index is 0.123. The second kappa shape index (κ2) is 6.58. The zero-order valence-electron chi connectivity index (χ0n) is 15.1. The van der Waals surface area contributed by atoms with E-state index in [9.17, 15) is 4.79 Å². The predicted octanol–water partition coefficient (Wildman–Crippen LogP) is 5.23. The van der Waals surface area contributed by atoms with E-state index in [1.165, 1.54) is 11.8 Å². The summed E-state index contributed by atoms with van der Waals surface area (Å²) in [5.74, 6) is 0.256. The number of anilines is 1. The van der Waals surface area contributed by atoms with Gasteiger partial charge >= 0.3 is 0 Å². The first kappa shape index (κ1) is 16.1. The number of benzene rings is 2. The van der Waals surface area contributed by atoms with E-state index < -0.39 is 0 Å². The van der Waals surface area contributed by atoms with Crippen molar-refractivity contribution in [3.63, 3.8) is 0 Å². The molecule has 4 aromatic rings. The van der Waals surface area contributed by atoms with Crippen LogP contribution in [0.15, 0.2) is 48.8 Å². The molecule has 5 rings (SSSR count). The third kappa shape index (κ3) is 2.89. The normalized spacial score (nSPS) is 15.4. The van der Waals surface area contributed by atoms with Gasteiger partial charge in [-0.2, -0.15) is 5.10 Å². The number of amides is 1. The molecule has 0 bridgehead atoms. The summed E-state index contributed by atoms with van der Waals surface area (Å²) in [4.78, 5) is 16.1. The Labute approximate surface area is 157 Å². The summed E-state index contributed by atoms with van der Waals surface area (Å²) in [5, 5.41) is 12.5. The Bertz CT molecular complexity index is 1120. The standard InChI is InChI=1S/C22H22N4O/c27-22(14-5-2-1-3-6-14)25-20-11-15(12-21-18(20)13-24-26-21)16-7-4-8-19-17(16)9-10-23-19/h4,7-14,23H,1-3,5-6H2,(H,24,26)(H,25,27). The van der Waals surface area contributed by atoms with Crippen LogP contribution in [-0.2, 0) is 4.79 Å². The van der Waals surface area contributed by atoms with Gasteiger partial charge in [-0.05, 0) is 48.2 Å². The molecule has 5 nitrogen and oxygen atoms in total. The molecule has 5 heteroatoms. The molecule has 2 aromatic heterocycles. The van der Waals surface area contributed by atoms with E-state index in [-0.39, 0.29) is 11.8 Å². The van der Waals surface area contributed by atoms with Gasteiger partial charge in [-0.25, -0.2) is 0 Å². The molecule has 3 N–H and O–H groups in total. The van der Waals surface area contributed by atoms with Crippen molar-refractivity contribution in [2.24, 2.45) is 5.92 Å². The largest absolute Gasteiger partial charge is 0.361 e. The van der Waals surface area contributed by atoms with Crippen molar-refractivity contribution in [1.29, 1.82) is 0 Å². The zero-order valence-corrected chi connectivity index (χ0v) is 15.1. The second-order valence-corrected chi connectivity index (χ2v) is 7.42. The summed E-state index contributed by atoms with van der Waals surface area (Å²) in [6.07, 6.45) is 9.25. The highest BCUT2D eigenvalue weighted by Gasteiger charge is 2.22. The van der Waals surface area contributed by atoms with Crippen molar-refractivity contribution in [1.82, 2.24) is 15.2 Å². The number of fused-ring (bicyclic) bond motifs is 2. The second-order valence-electron chi connectivity index (χ2n) is 7.42. The minimum atomic E-state index is 0.123. The smallest absolute Gasteiger partial charge is 0.227 e. The van der Waals surface area contributed by atoms with Gasteiger partial charge in [0.15, 0.2) is 0 Å². The van der Waals surface area contributed by atoms with Crippen LogP contribution in [0.25, 0.3) is 32.9 Å². The maximum absolute atomic E-state index is 12.8. The number of aromatic nitrogens is 3. The third-order valence-corrected chi connectivity index (χ3v) is 5.70. The van der Waals surface area contributed by atoms with Crippen LogP contribution in [0.5, 0.6) is 0 Å².